The fraction of sp³-hybridized carbons (Fsp3) is 0.111. The molecular weight excluding hydrogens is 235 g/mol. The minimum absolute atomic E-state index is 0.150. The first-order chi connectivity index (χ1) is 7.08. The molecule has 2 N–H and O–H groups in total. The molecule has 1 aromatic carbocycles. The number of rotatable bonds is 1. The highest BCUT2D eigenvalue weighted by molar-refractivity contribution is 6.31. The van der Waals surface area contributed by atoms with Crippen molar-refractivity contribution in [1.82, 2.24) is 9.97 Å². The van der Waals surface area contributed by atoms with Gasteiger partial charge >= 0.3 is 0 Å². The average Bonchev–Trinajstić information content (AvgIpc) is 2.15. The van der Waals surface area contributed by atoms with E-state index in [1.165, 1.54) is 5.01 Å². The average molecular weight is 243 g/mol. The third-order valence-electron chi connectivity index (χ3n) is 1.95. The Morgan fingerprint density at radius 1 is 1.27 bits per heavy atom. The molecule has 0 aliphatic heterocycles. The van der Waals surface area contributed by atoms with Crippen LogP contribution in [-0.4, -0.2) is 17.0 Å². The van der Waals surface area contributed by atoms with E-state index >= 15 is 0 Å². The van der Waals surface area contributed by atoms with Gasteiger partial charge in [0.2, 0.25) is 5.28 Å². The Morgan fingerprint density at radius 2 is 2.00 bits per heavy atom. The van der Waals surface area contributed by atoms with Gasteiger partial charge in [-0.25, -0.2) is 10.8 Å². The molecule has 0 fully saturated rings. The van der Waals surface area contributed by atoms with Crippen molar-refractivity contribution in [3.8, 4) is 0 Å². The van der Waals surface area contributed by atoms with Crippen LogP contribution in [0.25, 0.3) is 10.9 Å². The van der Waals surface area contributed by atoms with E-state index < -0.39 is 0 Å². The number of nitrogens with two attached hydrogens (primary N) is 1. The molecule has 0 aliphatic carbocycles. The van der Waals surface area contributed by atoms with Crippen molar-refractivity contribution >= 4 is 39.9 Å². The summed E-state index contributed by atoms with van der Waals surface area (Å²) in [6, 6.07) is 5.29. The van der Waals surface area contributed by atoms with Crippen molar-refractivity contribution in [1.29, 1.82) is 0 Å². The van der Waals surface area contributed by atoms with Gasteiger partial charge in [0, 0.05) is 17.5 Å². The summed E-state index contributed by atoms with van der Waals surface area (Å²) in [5.41, 5.74) is 0.676. The molecular formula is C9H8Cl2N4. The van der Waals surface area contributed by atoms with Gasteiger partial charge in [0.25, 0.3) is 0 Å². The molecule has 4 nitrogen and oxygen atoms in total. The zero-order chi connectivity index (χ0) is 11.0. The van der Waals surface area contributed by atoms with Gasteiger partial charge in [-0.15, -0.1) is 0 Å². The first kappa shape index (κ1) is 10.4. The predicted octanol–water partition coefficient (Wildman–Crippen LogP) is 2.25. The van der Waals surface area contributed by atoms with Gasteiger partial charge < -0.3 is 0 Å². The smallest absolute Gasteiger partial charge is 0.224 e. The summed E-state index contributed by atoms with van der Waals surface area (Å²) in [6.07, 6.45) is 0. The molecule has 78 valence electrons. The van der Waals surface area contributed by atoms with E-state index in [4.69, 9.17) is 29.0 Å². The monoisotopic (exact) mass is 242 g/mol. The Morgan fingerprint density at radius 3 is 2.67 bits per heavy atom. The summed E-state index contributed by atoms with van der Waals surface area (Å²) in [7, 11) is 1.69. The van der Waals surface area contributed by atoms with Crippen LogP contribution in [0.5, 0.6) is 0 Å². The van der Waals surface area contributed by atoms with Gasteiger partial charge in [-0.05, 0) is 29.8 Å². The number of hydrazine groups is 1. The van der Waals surface area contributed by atoms with E-state index in [0.717, 1.165) is 5.39 Å². The van der Waals surface area contributed by atoms with Crippen molar-refractivity contribution < 1.29 is 0 Å². The maximum atomic E-state index is 5.85. The summed E-state index contributed by atoms with van der Waals surface area (Å²) in [5, 5.41) is 2.96. The Labute approximate surface area is 96.6 Å². The lowest BCUT2D eigenvalue weighted by atomic mass is 10.2. The first-order valence-corrected chi connectivity index (χ1v) is 4.95. The molecule has 1 aromatic heterocycles. The Kier molecular flexibility index (Phi) is 2.65. The molecule has 0 spiro atoms. The summed E-state index contributed by atoms with van der Waals surface area (Å²) in [4.78, 5) is 8.11. The van der Waals surface area contributed by atoms with E-state index in [1.807, 2.05) is 6.07 Å². The lowest BCUT2D eigenvalue weighted by Crippen LogP contribution is -2.26. The molecule has 6 heteroatoms. The number of benzene rings is 1. The number of hydrogen-bond donors (Lipinski definition) is 1. The quantitative estimate of drug-likeness (QED) is 0.474. The number of nitrogens with zero attached hydrogens (tertiary/aromatic N) is 3. The van der Waals surface area contributed by atoms with Crippen molar-refractivity contribution in [2.75, 3.05) is 12.1 Å². The van der Waals surface area contributed by atoms with Crippen molar-refractivity contribution in [2.45, 2.75) is 0 Å². The number of fused-ring (bicyclic) bond motifs is 1. The largest absolute Gasteiger partial charge is 0.297 e. The zero-order valence-electron chi connectivity index (χ0n) is 7.91. The SMILES string of the molecule is CN(N)c1nc(Cl)nc2cc(Cl)ccc12. The van der Waals surface area contributed by atoms with Crippen LogP contribution in [0.15, 0.2) is 18.2 Å². The van der Waals surface area contributed by atoms with E-state index in [1.54, 1.807) is 19.2 Å². The Hall–Kier alpha value is -1.10. The van der Waals surface area contributed by atoms with Gasteiger partial charge in [0.1, 0.15) is 0 Å². The number of halogens is 2. The van der Waals surface area contributed by atoms with E-state index in [9.17, 15) is 0 Å². The first-order valence-electron chi connectivity index (χ1n) is 4.19. The Bertz CT molecular complexity index is 507. The zero-order valence-corrected chi connectivity index (χ0v) is 9.42. The van der Waals surface area contributed by atoms with Gasteiger partial charge in [0.05, 0.1) is 5.52 Å². The lowest BCUT2D eigenvalue weighted by Gasteiger charge is -2.13. The maximum Gasteiger partial charge on any atom is 0.224 e. The van der Waals surface area contributed by atoms with E-state index in [2.05, 4.69) is 9.97 Å². The molecule has 0 unspecified atom stereocenters. The molecule has 0 atom stereocenters. The highest BCUT2D eigenvalue weighted by Crippen LogP contribution is 2.25. The van der Waals surface area contributed by atoms with Crippen LogP contribution in [-0.2, 0) is 0 Å². The molecule has 2 aromatic rings. The summed E-state index contributed by atoms with van der Waals surface area (Å²) in [6.45, 7) is 0. The topological polar surface area (TPSA) is 55.0 Å². The normalized spacial score (nSPS) is 10.7. The Balaban J connectivity index is 2.80. The highest BCUT2D eigenvalue weighted by atomic mass is 35.5. The predicted molar refractivity (Wildman–Crippen MR) is 62.1 cm³/mol. The summed E-state index contributed by atoms with van der Waals surface area (Å²) >= 11 is 11.6. The molecule has 0 saturated heterocycles. The number of hydrogen-bond acceptors (Lipinski definition) is 4. The second-order valence-electron chi connectivity index (χ2n) is 3.09. The van der Waals surface area contributed by atoms with E-state index in [-0.39, 0.29) is 5.28 Å². The molecule has 0 saturated carbocycles. The van der Waals surface area contributed by atoms with E-state index in [0.29, 0.717) is 16.4 Å². The molecule has 0 bridgehead atoms. The van der Waals surface area contributed by atoms with Crippen LogP contribution in [0.2, 0.25) is 10.3 Å². The number of aromatic nitrogens is 2. The van der Waals surface area contributed by atoms with Gasteiger partial charge in [-0.1, -0.05) is 11.6 Å². The molecule has 0 aliphatic rings. The second kappa shape index (κ2) is 3.81. The second-order valence-corrected chi connectivity index (χ2v) is 3.86. The molecule has 0 amide bonds. The van der Waals surface area contributed by atoms with Crippen LogP contribution in [0.4, 0.5) is 5.82 Å². The third kappa shape index (κ3) is 1.97. The van der Waals surface area contributed by atoms with Gasteiger partial charge in [-0.3, -0.25) is 5.01 Å². The lowest BCUT2D eigenvalue weighted by molar-refractivity contribution is 0.978. The molecule has 2 rings (SSSR count). The van der Waals surface area contributed by atoms with Crippen LogP contribution in [0.1, 0.15) is 0 Å². The molecule has 0 radical (unpaired) electrons. The minimum atomic E-state index is 0.150. The van der Waals surface area contributed by atoms with Gasteiger partial charge in [-0.2, -0.15) is 4.98 Å². The molecule has 1 heterocycles. The van der Waals surface area contributed by atoms with Crippen molar-refractivity contribution in [3.63, 3.8) is 0 Å². The minimum Gasteiger partial charge on any atom is -0.297 e. The highest BCUT2D eigenvalue weighted by Gasteiger charge is 2.08. The number of anilines is 1. The molecule has 15 heavy (non-hydrogen) atoms. The van der Waals surface area contributed by atoms with Crippen molar-refractivity contribution in [3.05, 3.63) is 28.5 Å². The van der Waals surface area contributed by atoms with Gasteiger partial charge in [0.15, 0.2) is 5.82 Å². The van der Waals surface area contributed by atoms with Crippen molar-refractivity contribution in [2.24, 2.45) is 5.84 Å². The van der Waals surface area contributed by atoms with Crippen LogP contribution in [0, 0.1) is 0 Å². The maximum absolute atomic E-state index is 5.85. The third-order valence-corrected chi connectivity index (χ3v) is 2.35. The van der Waals surface area contributed by atoms with Crippen LogP contribution < -0.4 is 10.9 Å². The summed E-state index contributed by atoms with van der Waals surface area (Å²) < 4.78 is 0. The summed E-state index contributed by atoms with van der Waals surface area (Å²) in [5.74, 6) is 6.21. The van der Waals surface area contributed by atoms with Crippen LogP contribution >= 0.6 is 23.2 Å². The standard InChI is InChI=1S/C9H8Cl2N4/c1-15(12)8-6-3-2-5(10)4-7(6)13-9(11)14-8/h2-4H,12H2,1H3. The van der Waals surface area contributed by atoms with Crippen LogP contribution in [0.3, 0.4) is 0 Å². The fourth-order valence-corrected chi connectivity index (χ4v) is 1.66. The fourth-order valence-electron chi connectivity index (χ4n) is 1.33.